The zero-order chi connectivity index (χ0) is 21.0. The normalized spacial score (nSPS) is 17.8. The van der Waals surface area contributed by atoms with E-state index in [1.54, 1.807) is 42.5 Å². The molecule has 1 amide bonds. The lowest BCUT2D eigenvalue weighted by Gasteiger charge is -2.32. The lowest BCUT2D eigenvalue weighted by Crippen LogP contribution is -2.40. The Morgan fingerprint density at radius 1 is 1.28 bits per heavy atom. The molecule has 1 N–H and O–H groups in total. The number of amides is 1. The van der Waals surface area contributed by atoms with Gasteiger partial charge in [-0.3, -0.25) is 9.89 Å². The Balaban J connectivity index is 1.83. The number of carbonyl (C=O) groups excluding carboxylic acids is 1. The third-order valence-corrected chi connectivity index (χ3v) is 7.32. The van der Waals surface area contributed by atoms with Gasteiger partial charge in [-0.2, -0.15) is 9.40 Å². The smallest absolute Gasteiger partial charge is 0.257 e. The van der Waals surface area contributed by atoms with Crippen LogP contribution in [0.1, 0.15) is 48.7 Å². The van der Waals surface area contributed by atoms with Gasteiger partial charge in [-0.1, -0.05) is 0 Å². The molecule has 2 aromatic rings. The molecule has 1 saturated heterocycles. The first-order chi connectivity index (χ1) is 13.9. The lowest BCUT2D eigenvalue weighted by atomic mass is 9.93. The van der Waals surface area contributed by atoms with Crippen molar-refractivity contribution in [1.29, 1.82) is 0 Å². The van der Waals surface area contributed by atoms with Crippen molar-refractivity contribution in [3.8, 4) is 5.75 Å². The second-order valence-electron chi connectivity index (χ2n) is 7.05. The Hall–Kier alpha value is -2.39. The summed E-state index contributed by atoms with van der Waals surface area (Å²) < 4.78 is 32.8. The number of benzene rings is 1. The van der Waals surface area contributed by atoms with E-state index in [1.807, 2.05) is 13.8 Å². The van der Waals surface area contributed by atoms with Crippen LogP contribution in [0.25, 0.3) is 0 Å². The molecule has 29 heavy (non-hydrogen) atoms. The summed E-state index contributed by atoms with van der Waals surface area (Å²) in [6, 6.07) is 6.40. The number of H-pyrrole nitrogens is 1. The maximum atomic E-state index is 13.1. The molecule has 1 fully saturated rings. The Kier molecular flexibility index (Phi) is 6.59. The highest BCUT2D eigenvalue weighted by atomic mass is 32.2. The minimum absolute atomic E-state index is 0.0751. The summed E-state index contributed by atoms with van der Waals surface area (Å²) in [5.41, 5.74) is 1.25. The van der Waals surface area contributed by atoms with Crippen LogP contribution in [0.4, 0.5) is 0 Å². The summed E-state index contributed by atoms with van der Waals surface area (Å²) in [5, 5.41) is 7.03. The Morgan fingerprint density at radius 2 is 1.97 bits per heavy atom. The summed E-state index contributed by atoms with van der Waals surface area (Å²) in [7, 11) is -2.08. The first kappa shape index (κ1) is 21.3. The maximum absolute atomic E-state index is 13.1. The maximum Gasteiger partial charge on any atom is 0.257 e. The molecule has 0 radical (unpaired) electrons. The lowest BCUT2D eigenvalue weighted by molar-refractivity contribution is 0.0771. The van der Waals surface area contributed by atoms with Crippen LogP contribution in [0, 0.1) is 0 Å². The van der Waals surface area contributed by atoms with Crippen molar-refractivity contribution in [2.24, 2.45) is 0 Å². The van der Waals surface area contributed by atoms with E-state index in [1.165, 1.54) is 4.31 Å². The van der Waals surface area contributed by atoms with Gasteiger partial charge in [0.2, 0.25) is 10.0 Å². The van der Waals surface area contributed by atoms with Crippen molar-refractivity contribution >= 4 is 15.9 Å². The molecule has 1 atom stereocenters. The van der Waals surface area contributed by atoms with Gasteiger partial charge in [0.25, 0.3) is 5.91 Å². The van der Waals surface area contributed by atoms with E-state index in [9.17, 15) is 13.2 Å². The third-order valence-electron chi connectivity index (χ3n) is 5.44. The highest BCUT2D eigenvalue weighted by Gasteiger charge is 2.33. The molecule has 1 aliphatic heterocycles. The number of nitrogens with zero attached hydrogens (tertiary/aromatic N) is 3. The van der Waals surface area contributed by atoms with E-state index >= 15 is 0 Å². The summed E-state index contributed by atoms with van der Waals surface area (Å²) >= 11 is 0. The fourth-order valence-electron chi connectivity index (χ4n) is 3.75. The van der Waals surface area contributed by atoms with Crippen molar-refractivity contribution in [2.75, 3.05) is 33.3 Å². The number of hydrogen-bond donors (Lipinski definition) is 1. The number of rotatable bonds is 7. The van der Waals surface area contributed by atoms with Gasteiger partial charge in [0.1, 0.15) is 5.75 Å². The molecule has 9 heteroatoms. The molecule has 0 aliphatic carbocycles. The average Bonchev–Trinajstić information content (AvgIpc) is 3.24. The Morgan fingerprint density at radius 3 is 2.59 bits per heavy atom. The number of methoxy groups -OCH3 is 1. The minimum Gasteiger partial charge on any atom is -0.497 e. The van der Waals surface area contributed by atoms with Crippen LogP contribution in [0.2, 0.25) is 0 Å². The van der Waals surface area contributed by atoms with Gasteiger partial charge < -0.3 is 9.64 Å². The summed E-state index contributed by atoms with van der Waals surface area (Å²) in [4.78, 5) is 14.8. The summed E-state index contributed by atoms with van der Waals surface area (Å²) in [6.07, 6.45) is 3.07. The molecule has 0 bridgehead atoms. The van der Waals surface area contributed by atoms with Gasteiger partial charge in [0.15, 0.2) is 0 Å². The average molecular weight is 421 g/mol. The molecule has 8 nitrogen and oxygen atoms in total. The van der Waals surface area contributed by atoms with E-state index < -0.39 is 10.0 Å². The van der Waals surface area contributed by atoms with Gasteiger partial charge in [-0.25, -0.2) is 8.42 Å². The van der Waals surface area contributed by atoms with Crippen molar-refractivity contribution in [3.63, 3.8) is 0 Å². The van der Waals surface area contributed by atoms with Crippen molar-refractivity contribution < 1.29 is 17.9 Å². The van der Waals surface area contributed by atoms with Crippen molar-refractivity contribution in [1.82, 2.24) is 19.4 Å². The number of nitrogens with one attached hydrogen (secondary N) is 1. The molecule has 1 aliphatic rings. The standard InChI is InChI=1S/C20H28N4O4S/c1-4-23(5-2)20(25)18-13-21-22-19(18)15-7-6-12-24(14-15)29(26,27)17-10-8-16(28-3)9-11-17/h8-11,13,15H,4-7,12,14H2,1-3H3,(H,21,22). The van der Waals surface area contributed by atoms with E-state index in [4.69, 9.17) is 4.74 Å². The van der Waals surface area contributed by atoms with E-state index in [0.29, 0.717) is 37.5 Å². The molecular weight excluding hydrogens is 392 g/mol. The Labute approximate surface area is 171 Å². The van der Waals surface area contributed by atoms with Crippen LogP contribution in [-0.4, -0.2) is 67.0 Å². The number of aromatic nitrogens is 2. The van der Waals surface area contributed by atoms with Gasteiger partial charge in [0, 0.05) is 32.1 Å². The second-order valence-corrected chi connectivity index (χ2v) is 8.99. The Bertz CT molecular complexity index is 936. The topological polar surface area (TPSA) is 95.6 Å². The number of ether oxygens (including phenoxy) is 1. The molecule has 3 rings (SSSR count). The number of hydrogen-bond acceptors (Lipinski definition) is 5. The van der Waals surface area contributed by atoms with E-state index in [-0.39, 0.29) is 16.7 Å². The van der Waals surface area contributed by atoms with Gasteiger partial charge >= 0.3 is 0 Å². The van der Waals surface area contributed by atoms with Gasteiger partial charge in [-0.05, 0) is 51.0 Å². The number of carbonyl (C=O) groups is 1. The predicted molar refractivity (Wildman–Crippen MR) is 110 cm³/mol. The molecule has 158 valence electrons. The van der Waals surface area contributed by atoms with Gasteiger partial charge in [0.05, 0.1) is 29.5 Å². The second kappa shape index (κ2) is 8.96. The predicted octanol–water partition coefficient (Wildman–Crippen LogP) is 2.47. The highest BCUT2D eigenvalue weighted by Crippen LogP contribution is 2.31. The summed E-state index contributed by atoms with van der Waals surface area (Å²) in [5.74, 6) is 0.431. The highest BCUT2D eigenvalue weighted by molar-refractivity contribution is 7.89. The number of aromatic amines is 1. The van der Waals surface area contributed by atoms with Crippen LogP contribution >= 0.6 is 0 Å². The zero-order valence-corrected chi connectivity index (χ0v) is 17.9. The largest absolute Gasteiger partial charge is 0.497 e. The number of piperidine rings is 1. The van der Waals surface area contributed by atoms with Crippen LogP contribution in [-0.2, 0) is 10.0 Å². The quantitative estimate of drug-likeness (QED) is 0.742. The fourth-order valence-corrected chi connectivity index (χ4v) is 5.28. The SMILES string of the molecule is CCN(CC)C(=O)c1cn[nH]c1C1CCCN(S(=O)(=O)c2ccc(OC)cc2)C1. The monoisotopic (exact) mass is 420 g/mol. The van der Waals surface area contributed by atoms with Crippen LogP contribution in [0.15, 0.2) is 35.4 Å². The first-order valence-corrected chi connectivity index (χ1v) is 11.3. The van der Waals surface area contributed by atoms with E-state index in [0.717, 1.165) is 18.5 Å². The zero-order valence-electron chi connectivity index (χ0n) is 17.1. The molecule has 1 aromatic carbocycles. The van der Waals surface area contributed by atoms with Crippen molar-refractivity contribution in [2.45, 2.75) is 37.5 Å². The van der Waals surface area contributed by atoms with Crippen molar-refractivity contribution in [3.05, 3.63) is 41.7 Å². The third kappa shape index (κ3) is 4.30. The molecule has 1 unspecified atom stereocenters. The van der Waals surface area contributed by atoms with Crippen LogP contribution < -0.4 is 4.74 Å². The molecule has 0 spiro atoms. The van der Waals surface area contributed by atoms with Crippen LogP contribution in [0.3, 0.4) is 0 Å². The molecular formula is C20H28N4O4S. The van der Waals surface area contributed by atoms with Gasteiger partial charge in [-0.15, -0.1) is 0 Å². The van der Waals surface area contributed by atoms with E-state index in [2.05, 4.69) is 10.2 Å². The molecule has 1 aromatic heterocycles. The van der Waals surface area contributed by atoms with Crippen LogP contribution in [0.5, 0.6) is 5.75 Å². The number of sulfonamides is 1. The fraction of sp³-hybridized carbons (Fsp3) is 0.500. The minimum atomic E-state index is -3.62. The summed E-state index contributed by atoms with van der Waals surface area (Å²) in [6.45, 7) is 5.87. The molecule has 2 heterocycles. The molecule has 0 saturated carbocycles. The first-order valence-electron chi connectivity index (χ1n) is 9.89.